The smallest absolute Gasteiger partial charge is 0.151 e. The van der Waals surface area contributed by atoms with E-state index in [1.807, 2.05) is 12.1 Å². The Labute approximate surface area is 120 Å². The van der Waals surface area contributed by atoms with Gasteiger partial charge in [-0.05, 0) is 36.5 Å². The van der Waals surface area contributed by atoms with Crippen LogP contribution >= 0.6 is 0 Å². The molecule has 0 aromatic heterocycles. The average Bonchev–Trinajstić information content (AvgIpc) is 2.88. The number of halogens is 1. The molecule has 1 saturated carbocycles. The van der Waals surface area contributed by atoms with Gasteiger partial charge in [0.2, 0.25) is 0 Å². The van der Waals surface area contributed by atoms with Gasteiger partial charge in [-0.2, -0.15) is 0 Å². The minimum atomic E-state index is -2.91. The van der Waals surface area contributed by atoms with Crippen LogP contribution in [0.25, 0.3) is 0 Å². The van der Waals surface area contributed by atoms with Crippen LogP contribution in [0.2, 0.25) is 0 Å². The molecule has 1 fully saturated rings. The molecule has 112 valence electrons. The van der Waals surface area contributed by atoms with Gasteiger partial charge in [-0.25, -0.2) is 12.8 Å². The van der Waals surface area contributed by atoms with Gasteiger partial charge in [-0.3, -0.25) is 0 Å². The van der Waals surface area contributed by atoms with Gasteiger partial charge in [0.15, 0.2) is 9.84 Å². The Balaban J connectivity index is 1.92. The summed E-state index contributed by atoms with van der Waals surface area (Å²) in [5.74, 6) is 0.530. The van der Waals surface area contributed by atoms with E-state index in [0.717, 1.165) is 24.8 Å². The quantitative estimate of drug-likeness (QED) is 0.878. The zero-order valence-electron chi connectivity index (χ0n) is 11.8. The molecule has 0 radical (unpaired) electrons. The predicted octanol–water partition coefficient (Wildman–Crippen LogP) is 2.49. The van der Waals surface area contributed by atoms with Crippen molar-refractivity contribution in [3.8, 4) is 0 Å². The maximum absolute atomic E-state index is 13.0. The van der Waals surface area contributed by atoms with Crippen molar-refractivity contribution < 1.29 is 12.8 Å². The van der Waals surface area contributed by atoms with Crippen molar-refractivity contribution >= 4 is 9.84 Å². The van der Waals surface area contributed by atoms with Crippen LogP contribution < -0.4 is 5.32 Å². The van der Waals surface area contributed by atoms with Gasteiger partial charge in [0.25, 0.3) is 0 Å². The van der Waals surface area contributed by atoms with Gasteiger partial charge in [0, 0.05) is 18.3 Å². The van der Waals surface area contributed by atoms with E-state index in [-0.39, 0.29) is 17.3 Å². The van der Waals surface area contributed by atoms with E-state index < -0.39 is 9.84 Å². The lowest BCUT2D eigenvalue weighted by Crippen LogP contribution is -2.35. The Hall–Kier alpha value is -0.940. The second-order valence-electron chi connectivity index (χ2n) is 5.39. The second-order valence-corrected chi connectivity index (χ2v) is 7.86. The minimum absolute atomic E-state index is 0.191. The number of benzene rings is 1. The molecule has 0 aliphatic heterocycles. The topological polar surface area (TPSA) is 46.2 Å². The van der Waals surface area contributed by atoms with Crippen LogP contribution in [0.1, 0.15) is 37.7 Å². The van der Waals surface area contributed by atoms with Crippen molar-refractivity contribution in [3.63, 3.8) is 0 Å². The van der Waals surface area contributed by atoms with Crippen molar-refractivity contribution in [2.45, 2.75) is 38.1 Å². The molecule has 0 unspecified atom stereocenters. The molecule has 1 aromatic rings. The van der Waals surface area contributed by atoms with Gasteiger partial charge in [-0.15, -0.1) is 0 Å². The van der Waals surface area contributed by atoms with Crippen LogP contribution in [0.15, 0.2) is 24.3 Å². The van der Waals surface area contributed by atoms with E-state index in [2.05, 4.69) is 5.32 Å². The Morgan fingerprint density at radius 2 is 1.95 bits per heavy atom. The number of hydrogen-bond donors (Lipinski definition) is 1. The number of nitrogens with one attached hydrogen (secondary N) is 1. The highest BCUT2D eigenvalue weighted by molar-refractivity contribution is 7.91. The fourth-order valence-electron chi connectivity index (χ4n) is 2.86. The van der Waals surface area contributed by atoms with E-state index in [1.54, 1.807) is 6.92 Å². The van der Waals surface area contributed by atoms with Gasteiger partial charge >= 0.3 is 0 Å². The van der Waals surface area contributed by atoms with Crippen molar-refractivity contribution in [1.82, 2.24) is 5.32 Å². The Bertz CT molecular complexity index is 527. The van der Waals surface area contributed by atoms with Gasteiger partial charge < -0.3 is 5.32 Å². The zero-order valence-corrected chi connectivity index (χ0v) is 12.6. The summed E-state index contributed by atoms with van der Waals surface area (Å²) in [5.41, 5.74) is 1.14. The summed E-state index contributed by atoms with van der Waals surface area (Å²) < 4.78 is 35.9. The van der Waals surface area contributed by atoms with E-state index in [9.17, 15) is 12.8 Å². The van der Waals surface area contributed by atoms with Crippen LogP contribution in [0, 0.1) is 5.82 Å². The van der Waals surface area contributed by atoms with Gasteiger partial charge in [0.1, 0.15) is 5.82 Å². The van der Waals surface area contributed by atoms with Crippen LogP contribution in [0.5, 0.6) is 0 Å². The lowest BCUT2D eigenvalue weighted by atomic mass is 9.94. The zero-order chi connectivity index (χ0) is 14.6. The molecule has 1 N–H and O–H groups in total. The van der Waals surface area contributed by atoms with Gasteiger partial charge in [0.05, 0.1) is 5.75 Å². The monoisotopic (exact) mass is 299 g/mol. The summed E-state index contributed by atoms with van der Waals surface area (Å²) in [7, 11) is -2.91. The first-order chi connectivity index (χ1) is 9.52. The molecule has 1 aromatic carbocycles. The van der Waals surface area contributed by atoms with E-state index in [4.69, 9.17) is 0 Å². The summed E-state index contributed by atoms with van der Waals surface area (Å²) in [4.78, 5) is 0. The first kappa shape index (κ1) is 15.4. The maximum Gasteiger partial charge on any atom is 0.151 e. The number of sulfone groups is 1. The standard InChI is InChI=1S/C15H22FNO2S/c1-2-20(18,19)11-10-17-15-5-3-4-14(15)12-6-8-13(16)9-7-12/h6-9,14-15,17H,2-5,10-11H2,1H3/t14-,15-/m0/s1. The highest BCUT2D eigenvalue weighted by atomic mass is 32.2. The summed E-state index contributed by atoms with van der Waals surface area (Å²) >= 11 is 0. The first-order valence-corrected chi connectivity index (χ1v) is 9.03. The second kappa shape index (κ2) is 6.68. The SMILES string of the molecule is CCS(=O)(=O)CCN[C@H]1CCC[C@H]1c1ccc(F)cc1. The number of rotatable bonds is 6. The summed E-state index contributed by atoms with van der Waals surface area (Å²) in [6.45, 7) is 2.17. The summed E-state index contributed by atoms with van der Waals surface area (Å²) in [6, 6.07) is 6.96. The van der Waals surface area contributed by atoms with E-state index in [0.29, 0.717) is 18.5 Å². The fourth-order valence-corrected chi connectivity index (χ4v) is 3.58. The molecule has 5 heteroatoms. The van der Waals surface area contributed by atoms with Crippen LogP contribution in [0.3, 0.4) is 0 Å². The molecule has 0 spiro atoms. The first-order valence-electron chi connectivity index (χ1n) is 7.21. The van der Waals surface area contributed by atoms with Crippen LogP contribution in [0.4, 0.5) is 4.39 Å². The van der Waals surface area contributed by atoms with E-state index in [1.165, 1.54) is 12.1 Å². The predicted molar refractivity (Wildman–Crippen MR) is 79.1 cm³/mol. The molecule has 0 bridgehead atoms. The van der Waals surface area contributed by atoms with E-state index >= 15 is 0 Å². The van der Waals surface area contributed by atoms with Crippen molar-refractivity contribution in [2.24, 2.45) is 0 Å². The minimum Gasteiger partial charge on any atom is -0.312 e. The molecule has 1 aliphatic carbocycles. The molecule has 20 heavy (non-hydrogen) atoms. The lowest BCUT2D eigenvalue weighted by molar-refractivity contribution is 0.490. The molecular weight excluding hydrogens is 277 g/mol. The van der Waals surface area contributed by atoms with Crippen LogP contribution in [-0.2, 0) is 9.84 Å². The fraction of sp³-hybridized carbons (Fsp3) is 0.600. The number of hydrogen-bond acceptors (Lipinski definition) is 3. The van der Waals surface area contributed by atoms with Crippen molar-refractivity contribution in [3.05, 3.63) is 35.6 Å². The normalized spacial score (nSPS) is 23.1. The third-order valence-electron chi connectivity index (χ3n) is 4.07. The molecular formula is C15H22FNO2S. The molecule has 0 heterocycles. The lowest BCUT2D eigenvalue weighted by Gasteiger charge is -2.21. The largest absolute Gasteiger partial charge is 0.312 e. The Morgan fingerprint density at radius 1 is 1.25 bits per heavy atom. The molecule has 1 aliphatic rings. The van der Waals surface area contributed by atoms with Gasteiger partial charge in [-0.1, -0.05) is 25.5 Å². The highest BCUT2D eigenvalue weighted by Gasteiger charge is 2.28. The van der Waals surface area contributed by atoms with Crippen molar-refractivity contribution in [2.75, 3.05) is 18.1 Å². The molecule has 2 atom stereocenters. The Morgan fingerprint density at radius 3 is 2.60 bits per heavy atom. The van der Waals surface area contributed by atoms with Crippen molar-refractivity contribution in [1.29, 1.82) is 0 Å². The molecule has 0 amide bonds. The summed E-state index contributed by atoms with van der Waals surface area (Å²) in [5, 5.41) is 3.36. The van der Waals surface area contributed by atoms with Crippen LogP contribution in [-0.4, -0.2) is 32.5 Å². The average molecular weight is 299 g/mol. The third-order valence-corrected chi connectivity index (χ3v) is 5.78. The molecule has 0 saturated heterocycles. The maximum atomic E-state index is 13.0. The Kier molecular flexibility index (Phi) is 5.16. The molecule has 2 rings (SSSR count). The summed E-state index contributed by atoms with van der Waals surface area (Å²) in [6.07, 6.45) is 3.25. The molecule has 3 nitrogen and oxygen atoms in total. The third kappa shape index (κ3) is 4.03. The highest BCUT2D eigenvalue weighted by Crippen LogP contribution is 2.34.